The number of carbonyl (C=O) groups excluding carboxylic acids is 1. The molecule has 0 saturated carbocycles. The van der Waals surface area contributed by atoms with Crippen LogP contribution in [-0.2, 0) is 17.8 Å². The highest BCUT2D eigenvalue weighted by Crippen LogP contribution is 2.27. The zero-order valence-electron chi connectivity index (χ0n) is 15.2. The van der Waals surface area contributed by atoms with Gasteiger partial charge in [-0.15, -0.1) is 11.3 Å². The van der Waals surface area contributed by atoms with E-state index >= 15 is 0 Å². The summed E-state index contributed by atoms with van der Waals surface area (Å²) >= 11 is 1.62. The summed E-state index contributed by atoms with van der Waals surface area (Å²) in [5, 5.41) is 2.08. The predicted molar refractivity (Wildman–Crippen MR) is 105 cm³/mol. The van der Waals surface area contributed by atoms with Gasteiger partial charge in [-0.1, -0.05) is 6.07 Å². The van der Waals surface area contributed by atoms with Crippen molar-refractivity contribution in [2.24, 2.45) is 0 Å². The summed E-state index contributed by atoms with van der Waals surface area (Å²) in [5.41, 5.74) is 4.05. The van der Waals surface area contributed by atoms with Crippen LogP contribution in [0.15, 0.2) is 47.8 Å². The Morgan fingerprint density at radius 1 is 1.22 bits per heavy atom. The molecule has 140 valence electrons. The fourth-order valence-corrected chi connectivity index (χ4v) is 4.20. The van der Waals surface area contributed by atoms with Crippen LogP contribution in [-0.4, -0.2) is 43.4 Å². The van der Waals surface area contributed by atoms with Crippen LogP contribution in [0, 0.1) is 0 Å². The van der Waals surface area contributed by atoms with E-state index in [4.69, 9.17) is 0 Å². The van der Waals surface area contributed by atoms with Crippen LogP contribution in [0.5, 0.6) is 0 Å². The Balaban J connectivity index is 1.30. The highest BCUT2D eigenvalue weighted by Gasteiger charge is 2.26. The van der Waals surface area contributed by atoms with Gasteiger partial charge in [0, 0.05) is 55.6 Å². The minimum absolute atomic E-state index is 0.239. The first-order valence-corrected chi connectivity index (χ1v) is 10.3. The van der Waals surface area contributed by atoms with Crippen LogP contribution < -0.4 is 0 Å². The number of likely N-dealkylation sites (tertiary alicyclic amines) is 1. The average Bonchev–Trinajstić information content (AvgIpc) is 3.40. The van der Waals surface area contributed by atoms with Crippen LogP contribution in [0.3, 0.4) is 0 Å². The summed E-state index contributed by atoms with van der Waals surface area (Å²) in [5.74, 6) is 1.76. The van der Waals surface area contributed by atoms with Crippen LogP contribution >= 0.6 is 11.3 Å². The molecule has 0 aliphatic carbocycles. The van der Waals surface area contributed by atoms with E-state index in [1.807, 2.05) is 41.1 Å². The van der Waals surface area contributed by atoms with E-state index in [2.05, 4.69) is 24.9 Å². The number of hydrogen-bond acceptors (Lipinski definition) is 5. The maximum absolute atomic E-state index is 12.5. The van der Waals surface area contributed by atoms with Gasteiger partial charge in [0.1, 0.15) is 5.82 Å². The summed E-state index contributed by atoms with van der Waals surface area (Å²) < 4.78 is 2.19. The van der Waals surface area contributed by atoms with Gasteiger partial charge in [-0.3, -0.25) is 9.78 Å². The fraction of sp³-hybridized carbons (Fsp3) is 0.400. The van der Waals surface area contributed by atoms with E-state index in [9.17, 15) is 4.79 Å². The molecule has 0 N–H and O–H groups in total. The topological polar surface area (TPSA) is 63.9 Å². The summed E-state index contributed by atoms with van der Waals surface area (Å²) in [4.78, 5) is 27.6. The largest absolute Gasteiger partial charge is 0.343 e. The molecule has 0 unspecified atom stereocenters. The smallest absolute Gasteiger partial charge is 0.222 e. The molecule has 27 heavy (non-hydrogen) atoms. The molecule has 0 bridgehead atoms. The van der Waals surface area contributed by atoms with Gasteiger partial charge in [0.05, 0.1) is 17.7 Å². The molecule has 4 rings (SSSR count). The highest BCUT2D eigenvalue weighted by molar-refractivity contribution is 7.07. The number of amides is 1. The number of rotatable bonds is 6. The van der Waals surface area contributed by atoms with Crippen molar-refractivity contribution in [3.8, 4) is 0 Å². The Kier molecular flexibility index (Phi) is 5.58. The molecule has 1 fully saturated rings. The summed E-state index contributed by atoms with van der Waals surface area (Å²) in [6, 6.07) is 3.94. The van der Waals surface area contributed by atoms with Gasteiger partial charge in [-0.05, 0) is 30.9 Å². The van der Waals surface area contributed by atoms with Crippen molar-refractivity contribution in [2.45, 2.75) is 38.1 Å². The molecule has 1 amide bonds. The molecule has 0 atom stereocenters. The highest BCUT2D eigenvalue weighted by atomic mass is 32.1. The van der Waals surface area contributed by atoms with Gasteiger partial charge in [-0.25, -0.2) is 9.97 Å². The maximum Gasteiger partial charge on any atom is 0.222 e. The first-order chi connectivity index (χ1) is 13.3. The lowest BCUT2D eigenvalue weighted by atomic mass is 9.95. The van der Waals surface area contributed by atoms with Crippen LogP contribution in [0.4, 0.5) is 0 Å². The molecule has 1 saturated heterocycles. The molecule has 7 heteroatoms. The monoisotopic (exact) mass is 381 g/mol. The van der Waals surface area contributed by atoms with E-state index in [1.54, 1.807) is 17.5 Å². The maximum atomic E-state index is 12.5. The van der Waals surface area contributed by atoms with Crippen LogP contribution in [0.25, 0.3) is 0 Å². The lowest BCUT2D eigenvalue weighted by Crippen LogP contribution is -2.38. The number of piperidine rings is 1. The van der Waals surface area contributed by atoms with Gasteiger partial charge >= 0.3 is 0 Å². The van der Waals surface area contributed by atoms with Crippen molar-refractivity contribution >= 4 is 17.2 Å². The summed E-state index contributed by atoms with van der Waals surface area (Å²) in [6.45, 7) is 2.38. The van der Waals surface area contributed by atoms with E-state index in [-0.39, 0.29) is 5.91 Å². The third-order valence-electron chi connectivity index (χ3n) is 5.13. The number of imidazole rings is 1. The zero-order chi connectivity index (χ0) is 18.5. The number of thiazole rings is 1. The minimum Gasteiger partial charge on any atom is -0.343 e. The molecule has 3 aromatic heterocycles. The van der Waals surface area contributed by atoms with Gasteiger partial charge in [0.25, 0.3) is 0 Å². The normalized spacial score (nSPS) is 15.2. The number of hydrogen-bond donors (Lipinski definition) is 0. The third kappa shape index (κ3) is 4.42. The van der Waals surface area contributed by atoms with Gasteiger partial charge in [-0.2, -0.15) is 0 Å². The first kappa shape index (κ1) is 17.9. The molecule has 3 aromatic rings. The zero-order valence-corrected chi connectivity index (χ0v) is 16.0. The fourth-order valence-electron chi connectivity index (χ4n) is 3.65. The molecule has 6 nitrogen and oxygen atoms in total. The molecule has 1 aliphatic rings. The van der Waals surface area contributed by atoms with E-state index in [0.717, 1.165) is 56.0 Å². The Bertz CT molecular complexity index is 854. The summed E-state index contributed by atoms with van der Waals surface area (Å²) in [6.07, 6.45) is 10.7. The quantitative estimate of drug-likeness (QED) is 0.658. The van der Waals surface area contributed by atoms with Crippen LogP contribution in [0.1, 0.15) is 42.3 Å². The minimum atomic E-state index is 0.239. The molecule has 1 aliphatic heterocycles. The SMILES string of the molecule is O=C(CCc1cccnc1)N1CCC(c2nccn2Cc2cscn2)CC1. The Labute approximate surface area is 162 Å². The molecule has 0 aromatic carbocycles. The number of carbonyl (C=O) groups is 1. The van der Waals surface area contributed by atoms with Gasteiger partial charge in [0.2, 0.25) is 5.91 Å². The van der Waals surface area contributed by atoms with Crippen molar-refractivity contribution in [3.63, 3.8) is 0 Å². The van der Waals surface area contributed by atoms with E-state index < -0.39 is 0 Å². The van der Waals surface area contributed by atoms with E-state index in [0.29, 0.717) is 12.3 Å². The van der Waals surface area contributed by atoms with Crippen molar-refractivity contribution in [2.75, 3.05) is 13.1 Å². The van der Waals surface area contributed by atoms with Gasteiger partial charge in [0.15, 0.2) is 0 Å². The lowest BCUT2D eigenvalue weighted by Gasteiger charge is -2.32. The standard InChI is InChI=1S/C20H23N5OS/c26-19(4-3-16-2-1-7-21-12-16)24-9-5-17(6-10-24)20-22-8-11-25(20)13-18-14-27-15-23-18/h1-2,7-8,11-12,14-15,17H,3-6,9-10,13H2. The Hall–Kier alpha value is -2.54. The van der Waals surface area contributed by atoms with Crippen molar-refractivity contribution < 1.29 is 4.79 Å². The third-order valence-corrected chi connectivity index (χ3v) is 5.76. The number of pyridine rings is 1. The Morgan fingerprint density at radius 3 is 2.85 bits per heavy atom. The second-order valence-corrected chi connectivity index (χ2v) is 7.63. The van der Waals surface area contributed by atoms with Crippen molar-refractivity contribution in [3.05, 3.63) is 64.9 Å². The molecule has 4 heterocycles. The summed E-state index contributed by atoms with van der Waals surface area (Å²) in [7, 11) is 0. The van der Waals surface area contributed by atoms with Crippen molar-refractivity contribution in [1.82, 2.24) is 24.4 Å². The Morgan fingerprint density at radius 2 is 2.11 bits per heavy atom. The molecular formula is C20H23N5OS. The average molecular weight is 382 g/mol. The lowest BCUT2D eigenvalue weighted by molar-refractivity contribution is -0.132. The van der Waals surface area contributed by atoms with E-state index in [1.165, 1.54) is 0 Å². The number of nitrogens with zero attached hydrogens (tertiary/aromatic N) is 5. The van der Waals surface area contributed by atoms with Crippen molar-refractivity contribution in [1.29, 1.82) is 0 Å². The predicted octanol–water partition coefficient (Wildman–Crippen LogP) is 3.12. The van der Waals surface area contributed by atoms with Crippen LogP contribution in [0.2, 0.25) is 0 Å². The second-order valence-electron chi connectivity index (χ2n) is 6.91. The first-order valence-electron chi connectivity index (χ1n) is 9.34. The second kappa shape index (κ2) is 8.43. The molecule has 0 radical (unpaired) electrons. The molecule has 0 spiro atoms. The number of aryl methyl sites for hydroxylation is 1. The van der Waals surface area contributed by atoms with Gasteiger partial charge < -0.3 is 9.47 Å². The number of aromatic nitrogens is 4. The molecular weight excluding hydrogens is 358 g/mol.